The van der Waals surface area contributed by atoms with Gasteiger partial charge >= 0.3 is 0 Å². The van der Waals surface area contributed by atoms with Crippen LogP contribution in [0.5, 0.6) is 0 Å². The third-order valence-corrected chi connectivity index (χ3v) is 1.36. The molecule has 0 aliphatic heterocycles. The van der Waals surface area contributed by atoms with Crippen LogP contribution < -0.4 is 0 Å². The average molecular weight is 141 g/mol. The van der Waals surface area contributed by atoms with Gasteiger partial charge in [0.1, 0.15) is 0 Å². The summed E-state index contributed by atoms with van der Waals surface area (Å²) in [6.07, 6.45) is 1.35. The summed E-state index contributed by atoms with van der Waals surface area (Å²) in [5.74, 6) is 0.740. The van der Waals surface area contributed by atoms with Crippen LogP contribution in [0.15, 0.2) is 10.9 Å². The van der Waals surface area contributed by atoms with Gasteiger partial charge in [-0.05, 0) is 13.6 Å². The summed E-state index contributed by atoms with van der Waals surface area (Å²) < 4.78 is 4.57. The van der Waals surface area contributed by atoms with E-state index >= 15 is 0 Å². The van der Waals surface area contributed by atoms with Gasteiger partial charge in [0.05, 0.1) is 6.54 Å². The van der Waals surface area contributed by atoms with Crippen molar-refractivity contribution in [1.82, 2.24) is 15.0 Å². The maximum absolute atomic E-state index is 4.57. The molecule has 0 bridgehead atoms. The Bertz CT molecular complexity index is 173. The van der Waals surface area contributed by atoms with Crippen LogP contribution in [0.3, 0.4) is 0 Å². The molecule has 0 fully saturated rings. The van der Waals surface area contributed by atoms with E-state index in [4.69, 9.17) is 0 Å². The molecule has 56 valence electrons. The van der Waals surface area contributed by atoms with Crippen LogP contribution in [0, 0.1) is 0 Å². The largest absolute Gasteiger partial charge is 0.343 e. The van der Waals surface area contributed by atoms with Gasteiger partial charge in [0.15, 0.2) is 5.82 Å². The van der Waals surface area contributed by atoms with Gasteiger partial charge < -0.3 is 4.52 Å². The molecule has 0 saturated carbocycles. The first kappa shape index (κ1) is 7.21. The SMILES string of the molecule is CCN(C)Cc1ncon1. The summed E-state index contributed by atoms with van der Waals surface area (Å²) in [6, 6.07) is 0. The third kappa shape index (κ3) is 1.80. The Labute approximate surface area is 59.8 Å². The molecular formula is C6H11N3O. The van der Waals surface area contributed by atoms with E-state index in [1.807, 2.05) is 7.05 Å². The summed E-state index contributed by atoms with van der Waals surface area (Å²) in [7, 11) is 2.01. The molecule has 0 N–H and O–H groups in total. The van der Waals surface area contributed by atoms with Crippen molar-refractivity contribution in [3.8, 4) is 0 Å². The van der Waals surface area contributed by atoms with Gasteiger partial charge in [-0.2, -0.15) is 4.98 Å². The van der Waals surface area contributed by atoms with E-state index in [0.29, 0.717) is 0 Å². The van der Waals surface area contributed by atoms with Crippen molar-refractivity contribution in [3.05, 3.63) is 12.2 Å². The average Bonchev–Trinajstić information content (AvgIpc) is 2.40. The highest BCUT2D eigenvalue weighted by Gasteiger charge is 2.00. The smallest absolute Gasteiger partial charge is 0.213 e. The highest BCUT2D eigenvalue weighted by molar-refractivity contribution is 4.76. The summed E-state index contributed by atoms with van der Waals surface area (Å²) in [5, 5.41) is 3.68. The van der Waals surface area contributed by atoms with Gasteiger partial charge in [-0.1, -0.05) is 12.1 Å². The summed E-state index contributed by atoms with van der Waals surface area (Å²) >= 11 is 0. The van der Waals surface area contributed by atoms with E-state index in [0.717, 1.165) is 18.9 Å². The molecule has 0 aliphatic rings. The minimum Gasteiger partial charge on any atom is -0.343 e. The summed E-state index contributed by atoms with van der Waals surface area (Å²) in [6.45, 7) is 3.83. The fourth-order valence-corrected chi connectivity index (χ4v) is 0.615. The van der Waals surface area contributed by atoms with Gasteiger partial charge in [-0.25, -0.2) is 0 Å². The van der Waals surface area contributed by atoms with E-state index in [2.05, 4.69) is 26.5 Å². The summed E-state index contributed by atoms with van der Waals surface area (Å²) in [4.78, 5) is 5.99. The first-order chi connectivity index (χ1) is 4.83. The topological polar surface area (TPSA) is 42.2 Å². The Kier molecular flexibility index (Phi) is 2.39. The first-order valence-corrected chi connectivity index (χ1v) is 3.26. The molecule has 0 aliphatic carbocycles. The fourth-order valence-electron chi connectivity index (χ4n) is 0.615. The lowest BCUT2D eigenvalue weighted by molar-refractivity contribution is 0.324. The van der Waals surface area contributed by atoms with E-state index < -0.39 is 0 Å². The van der Waals surface area contributed by atoms with E-state index in [1.165, 1.54) is 6.39 Å². The Morgan fingerprint density at radius 3 is 3.00 bits per heavy atom. The third-order valence-electron chi connectivity index (χ3n) is 1.36. The molecule has 1 heterocycles. The lowest BCUT2D eigenvalue weighted by Crippen LogP contribution is -2.17. The highest BCUT2D eigenvalue weighted by atomic mass is 16.5. The minimum atomic E-state index is 0.740. The second-order valence-electron chi connectivity index (χ2n) is 2.18. The van der Waals surface area contributed by atoms with Crippen LogP contribution in [0.4, 0.5) is 0 Å². The normalized spacial score (nSPS) is 10.7. The van der Waals surface area contributed by atoms with Gasteiger partial charge in [0.2, 0.25) is 6.39 Å². The number of nitrogens with zero attached hydrogens (tertiary/aromatic N) is 3. The van der Waals surface area contributed by atoms with Gasteiger partial charge in [-0.3, -0.25) is 4.90 Å². The zero-order chi connectivity index (χ0) is 7.40. The zero-order valence-corrected chi connectivity index (χ0v) is 6.24. The number of hydrogen-bond donors (Lipinski definition) is 0. The lowest BCUT2D eigenvalue weighted by atomic mass is 10.5. The molecule has 0 unspecified atom stereocenters. The molecular weight excluding hydrogens is 130 g/mol. The summed E-state index contributed by atoms with van der Waals surface area (Å²) in [5.41, 5.74) is 0. The standard InChI is InChI=1S/C6H11N3O/c1-3-9(2)4-6-7-5-10-8-6/h5H,3-4H2,1-2H3. The maximum Gasteiger partial charge on any atom is 0.213 e. The molecule has 10 heavy (non-hydrogen) atoms. The van der Waals surface area contributed by atoms with Crippen LogP contribution in [0.2, 0.25) is 0 Å². The van der Waals surface area contributed by atoms with Crippen LogP contribution in [0.25, 0.3) is 0 Å². The van der Waals surface area contributed by atoms with Gasteiger partial charge in [0.25, 0.3) is 0 Å². The Morgan fingerprint density at radius 2 is 2.50 bits per heavy atom. The highest BCUT2D eigenvalue weighted by Crippen LogP contribution is 1.93. The second kappa shape index (κ2) is 3.31. The van der Waals surface area contributed by atoms with Crippen LogP contribution in [-0.4, -0.2) is 28.6 Å². The van der Waals surface area contributed by atoms with Crippen LogP contribution in [-0.2, 0) is 6.54 Å². The molecule has 0 atom stereocenters. The Morgan fingerprint density at radius 1 is 1.70 bits per heavy atom. The molecule has 0 amide bonds. The predicted octanol–water partition coefficient (Wildman–Crippen LogP) is 0.521. The van der Waals surface area contributed by atoms with E-state index in [-0.39, 0.29) is 0 Å². The second-order valence-corrected chi connectivity index (χ2v) is 2.18. The van der Waals surface area contributed by atoms with Crippen molar-refractivity contribution in [1.29, 1.82) is 0 Å². The molecule has 4 heteroatoms. The van der Waals surface area contributed by atoms with Crippen molar-refractivity contribution in [2.24, 2.45) is 0 Å². The van der Waals surface area contributed by atoms with Crippen LogP contribution >= 0.6 is 0 Å². The fraction of sp³-hybridized carbons (Fsp3) is 0.667. The molecule has 1 aromatic rings. The lowest BCUT2D eigenvalue weighted by Gasteiger charge is -2.09. The molecule has 1 aromatic heterocycles. The molecule has 4 nitrogen and oxygen atoms in total. The molecule has 0 radical (unpaired) electrons. The maximum atomic E-state index is 4.57. The predicted molar refractivity (Wildman–Crippen MR) is 36.3 cm³/mol. The Hall–Kier alpha value is -0.900. The quantitative estimate of drug-likeness (QED) is 0.615. The molecule has 0 saturated heterocycles. The molecule has 1 rings (SSSR count). The first-order valence-electron chi connectivity index (χ1n) is 3.26. The minimum absolute atomic E-state index is 0.740. The van der Waals surface area contributed by atoms with Crippen molar-refractivity contribution in [3.63, 3.8) is 0 Å². The van der Waals surface area contributed by atoms with Gasteiger partial charge in [-0.15, -0.1) is 0 Å². The zero-order valence-electron chi connectivity index (χ0n) is 6.24. The molecule has 0 spiro atoms. The monoisotopic (exact) mass is 141 g/mol. The number of hydrogen-bond acceptors (Lipinski definition) is 4. The van der Waals surface area contributed by atoms with Crippen LogP contribution in [0.1, 0.15) is 12.7 Å². The van der Waals surface area contributed by atoms with Gasteiger partial charge in [0, 0.05) is 0 Å². The number of rotatable bonds is 3. The van der Waals surface area contributed by atoms with Crippen molar-refractivity contribution in [2.45, 2.75) is 13.5 Å². The Balaban J connectivity index is 2.40. The van der Waals surface area contributed by atoms with Crippen molar-refractivity contribution < 1.29 is 4.52 Å². The van der Waals surface area contributed by atoms with Crippen molar-refractivity contribution >= 4 is 0 Å². The number of aromatic nitrogens is 2. The van der Waals surface area contributed by atoms with E-state index in [1.54, 1.807) is 0 Å². The molecule has 0 aromatic carbocycles. The van der Waals surface area contributed by atoms with E-state index in [9.17, 15) is 0 Å². The van der Waals surface area contributed by atoms with Crippen molar-refractivity contribution in [2.75, 3.05) is 13.6 Å².